The van der Waals surface area contributed by atoms with Crippen LogP contribution in [-0.4, -0.2) is 15.3 Å². The van der Waals surface area contributed by atoms with Crippen molar-refractivity contribution in [2.24, 2.45) is 17.3 Å². The van der Waals surface area contributed by atoms with Crippen molar-refractivity contribution in [3.8, 4) is 0 Å². The van der Waals surface area contributed by atoms with Crippen LogP contribution in [0.25, 0.3) is 5.65 Å². The van der Waals surface area contributed by atoms with Crippen LogP contribution in [0.3, 0.4) is 0 Å². The fourth-order valence-electron chi connectivity index (χ4n) is 3.38. The summed E-state index contributed by atoms with van der Waals surface area (Å²) in [6.07, 6.45) is 6.24. The van der Waals surface area contributed by atoms with Crippen molar-refractivity contribution in [3.63, 3.8) is 0 Å². The van der Waals surface area contributed by atoms with Crippen molar-refractivity contribution in [2.45, 2.75) is 41.2 Å². The molecule has 1 aliphatic carbocycles. The van der Waals surface area contributed by atoms with Gasteiger partial charge in [-0.05, 0) is 43.7 Å². The maximum Gasteiger partial charge on any atom is 0.224 e. The summed E-state index contributed by atoms with van der Waals surface area (Å²) in [4.78, 5) is 17.0. The predicted octanol–water partition coefficient (Wildman–Crippen LogP) is 3.50. The predicted molar refractivity (Wildman–Crippen MR) is 92.0 cm³/mol. The molecule has 23 heavy (non-hydrogen) atoms. The van der Waals surface area contributed by atoms with Crippen molar-refractivity contribution >= 4 is 11.6 Å². The molecule has 0 saturated heterocycles. The van der Waals surface area contributed by atoms with Crippen molar-refractivity contribution in [3.05, 3.63) is 47.4 Å². The summed E-state index contributed by atoms with van der Waals surface area (Å²) in [6.45, 7) is 11.0. The third-order valence-corrected chi connectivity index (χ3v) is 4.80. The van der Waals surface area contributed by atoms with Gasteiger partial charge in [0.2, 0.25) is 5.91 Å². The van der Waals surface area contributed by atoms with Gasteiger partial charge >= 0.3 is 0 Å². The molecule has 1 amide bonds. The van der Waals surface area contributed by atoms with Crippen LogP contribution in [0.4, 0.5) is 0 Å². The van der Waals surface area contributed by atoms with E-state index < -0.39 is 0 Å². The van der Waals surface area contributed by atoms with Gasteiger partial charge in [0.05, 0.1) is 18.2 Å². The van der Waals surface area contributed by atoms with Crippen LogP contribution in [0.15, 0.2) is 36.2 Å². The van der Waals surface area contributed by atoms with Crippen LogP contribution in [0, 0.1) is 24.2 Å². The van der Waals surface area contributed by atoms with Gasteiger partial charge in [-0.3, -0.25) is 4.79 Å². The molecule has 0 aliphatic heterocycles. The lowest BCUT2D eigenvalue weighted by Crippen LogP contribution is -2.26. The van der Waals surface area contributed by atoms with Crippen LogP contribution in [0.5, 0.6) is 0 Å². The molecular formula is C19H25N3O. The first kappa shape index (κ1) is 15.8. The van der Waals surface area contributed by atoms with Gasteiger partial charge in [0, 0.05) is 12.4 Å². The van der Waals surface area contributed by atoms with E-state index in [4.69, 9.17) is 0 Å². The number of nitrogens with one attached hydrogen (secondary N) is 1. The number of amides is 1. The molecule has 0 spiro atoms. The smallest absolute Gasteiger partial charge is 0.224 e. The average molecular weight is 311 g/mol. The molecule has 2 aromatic heterocycles. The first-order valence-corrected chi connectivity index (χ1v) is 8.16. The number of allylic oxidation sites excluding steroid dienone is 2. The second kappa shape index (κ2) is 5.52. The van der Waals surface area contributed by atoms with E-state index in [2.05, 4.69) is 51.0 Å². The van der Waals surface area contributed by atoms with Crippen molar-refractivity contribution < 1.29 is 4.79 Å². The zero-order chi connectivity index (χ0) is 16.8. The van der Waals surface area contributed by atoms with E-state index in [-0.39, 0.29) is 17.2 Å². The molecular weight excluding hydrogens is 286 g/mol. The molecule has 2 aromatic rings. The lowest BCUT2D eigenvalue weighted by molar-refractivity contribution is -0.123. The number of rotatable bonds is 4. The van der Waals surface area contributed by atoms with Gasteiger partial charge < -0.3 is 9.72 Å². The van der Waals surface area contributed by atoms with Gasteiger partial charge in [-0.25, -0.2) is 4.98 Å². The Morgan fingerprint density at radius 3 is 2.78 bits per heavy atom. The fourth-order valence-corrected chi connectivity index (χ4v) is 3.38. The van der Waals surface area contributed by atoms with E-state index in [1.807, 2.05) is 28.9 Å². The minimum Gasteiger partial charge on any atom is -0.350 e. The van der Waals surface area contributed by atoms with Crippen molar-refractivity contribution in [1.29, 1.82) is 0 Å². The number of nitrogens with zero attached hydrogens (tertiary/aromatic N) is 2. The molecule has 0 radical (unpaired) electrons. The molecule has 0 unspecified atom stereocenters. The molecule has 2 atom stereocenters. The van der Waals surface area contributed by atoms with E-state index in [1.165, 1.54) is 11.1 Å². The number of aryl methyl sites for hydroxylation is 1. The van der Waals surface area contributed by atoms with E-state index in [9.17, 15) is 4.79 Å². The van der Waals surface area contributed by atoms with Crippen LogP contribution in [-0.2, 0) is 11.3 Å². The van der Waals surface area contributed by atoms with Gasteiger partial charge in [-0.2, -0.15) is 0 Å². The second-order valence-electron chi connectivity index (χ2n) is 7.49. The molecule has 122 valence electrons. The Balaban J connectivity index is 1.66. The highest BCUT2D eigenvalue weighted by Gasteiger charge is 2.60. The Labute approximate surface area is 137 Å². The van der Waals surface area contributed by atoms with Crippen LogP contribution in [0.1, 0.15) is 39.0 Å². The highest BCUT2D eigenvalue weighted by Crippen LogP contribution is 2.59. The minimum absolute atomic E-state index is 0.0530. The van der Waals surface area contributed by atoms with Gasteiger partial charge in [-0.15, -0.1) is 0 Å². The van der Waals surface area contributed by atoms with E-state index >= 15 is 0 Å². The maximum atomic E-state index is 12.5. The highest BCUT2D eigenvalue weighted by atomic mass is 16.2. The molecule has 0 bridgehead atoms. The average Bonchev–Trinajstić information content (AvgIpc) is 2.81. The fraction of sp³-hybridized carbons (Fsp3) is 0.474. The Hall–Kier alpha value is -2.10. The summed E-state index contributed by atoms with van der Waals surface area (Å²) in [5, 5.41) is 3.05. The number of fused-ring (bicyclic) bond motifs is 1. The summed E-state index contributed by atoms with van der Waals surface area (Å²) in [5.41, 5.74) is 4.32. The van der Waals surface area contributed by atoms with Gasteiger partial charge in [0.25, 0.3) is 0 Å². The molecule has 3 rings (SSSR count). The highest BCUT2D eigenvalue weighted by molar-refractivity contribution is 5.83. The molecule has 2 heterocycles. The number of imidazole rings is 1. The van der Waals surface area contributed by atoms with Crippen molar-refractivity contribution in [2.75, 3.05) is 0 Å². The second-order valence-corrected chi connectivity index (χ2v) is 7.49. The Bertz CT molecular complexity index is 781. The number of carbonyl (C=O) groups is 1. The summed E-state index contributed by atoms with van der Waals surface area (Å²) in [6, 6.07) is 4.04. The Kier molecular flexibility index (Phi) is 3.78. The van der Waals surface area contributed by atoms with Gasteiger partial charge in [0.15, 0.2) is 0 Å². The molecule has 1 aliphatic rings. The summed E-state index contributed by atoms with van der Waals surface area (Å²) in [5.74, 6) is 0.540. The first-order valence-electron chi connectivity index (χ1n) is 8.16. The molecule has 1 fully saturated rings. The number of hydrogen-bond acceptors (Lipinski definition) is 2. The lowest BCUT2D eigenvalue weighted by atomic mass is 10.1. The molecule has 4 heteroatoms. The number of pyridine rings is 1. The lowest BCUT2D eigenvalue weighted by Gasteiger charge is -2.04. The van der Waals surface area contributed by atoms with Crippen LogP contribution >= 0.6 is 0 Å². The van der Waals surface area contributed by atoms with Gasteiger partial charge in [0.1, 0.15) is 5.65 Å². The first-order chi connectivity index (χ1) is 10.8. The zero-order valence-corrected chi connectivity index (χ0v) is 14.6. The maximum absolute atomic E-state index is 12.5. The third kappa shape index (κ3) is 3.03. The quantitative estimate of drug-likeness (QED) is 0.879. The number of hydrogen-bond donors (Lipinski definition) is 1. The van der Waals surface area contributed by atoms with Crippen LogP contribution < -0.4 is 5.32 Å². The Morgan fingerprint density at radius 1 is 1.35 bits per heavy atom. The monoisotopic (exact) mass is 311 g/mol. The topological polar surface area (TPSA) is 46.4 Å². The standard InChI is InChI=1S/C19H25N3O/c1-12(2)8-15-17(19(15,4)5)18(23)20-9-14-11-22-10-13(3)6-7-16(22)21-14/h6-8,10-11,15,17H,9H2,1-5H3,(H,20,23)/t15-,17-/m1/s1. The summed E-state index contributed by atoms with van der Waals surface area (Å²) >= 11 is 0. The zero-order valence-electron chi connectivity index (χ0n) is 14.6. The molecule has 1 N–H and O–H groups in total. The van der Waals surface area contributed by atoms with E-state index in [1.54, 1.807) is 0 Å². The number of aromatic nitrogens is 2. The molecule has 0 aromatic carbocycles. The van der Waals surface area contributed by atoms with Crippen molar-refractivity contribution in [1.82, 2.24) is 14.7 Å². The third-order valence-electron chi connectivity index (χ3n) is 4.80. The van der Waals surface area contributed by atoms with Gasteiger partial charge in [-0.1, -0.05) is 31.6 Å². The largest absolute Gasteiger partial charge is 0.350 e. The number of carbonyl (C=O) groups excluding carboxylic acids is 1. The Morgan fingerprint density at radius 2 is 2.09 bits per heavy atom. The van der Waals surface area contributed by atoms with Crippen LogP contribution in [0.2, 0.25) is 0 Å². The minimum atomic E-state index is 0.0530. The normalized spacial score (nSPS) is 22.0. The molecule has 1 saturated carbocycles. The SMILES string of the molecule is CC(C)=C[C@@H]1[C@H](C(=O)NCc2cn3cc(C)ccc3n2)C1(C)C. The molecule has 4 nitrogen and oxygen atoms in total. The summed E-state index contributed by atoms with van der Waals surface area (Å²) in [7, 11) is 0. The van der Waals surface area contributed by atoms with E-state index in [0.717, 1.165) is 11.3 Å². The van der Waals surface area contributed by atoms with E-state index in [0.29, 0.717) is 12.5 Å². The summed E-state index contributed by atoms with van der Waals surface area (Å²) < 4.78 is 2.00.